The molecule has 0 unspecified atom stereocenters. The Morgan fingerprint density at radius 1 is 1.35 bits per heavy atom. The first-order valence-corrected chi connectivity index (χ1v) is 8.86. The van der Waals surface area contributed by atoms with Gasteiger partial charge in [0.25, 0.3) is 0 Å². The van der Waals surface area contributed by atoms with Gasteiger partial charge in [0.1, 0.15) is 11.5 Å². The summed E-state index contributed by atoms with van der Waals surface area (Å²) >= 11 is 0. The molecule has 1 fully saturated rings. The van der Waals surface area contributed by atoms with Crippen LogP contribution in [0.1, 0.15) is 49.8 Å². The average Bonchev–Trinajstić information content (AvgIpc) is 2.99. The number of benzene rings is 1. The standard InChI is InChI=1S/C20H25FN2O3/c1-19(2,3)18-22-16(14-5-4-6-15(11-14)17(24)25)12-23(18)13-20(21)7-9-26-10-8-20/h4-6,11-12H,7-10,13H2,1-3H3,(H,24,25). The fourth-order valence-electron chi connectivity index (χ4n) is 3.29. The second-order valence-corrected chi connectivity index (χ2v) is 7.98. The van der Waals surface area contributed by atoms with E-state index in [2.05, 4.69) is 0 Å². The van der Waals surface area contributed by atoms with Gasteiger partial charge in [-0.2, -0.15) is 0 Å². The monoisotopic (exact) mass is 360 g/mol. The number of aromatic nitrogens is 2. The van der Waals surface area contributed by atoms with Crippen molar-refractivity contribution >= 4 is 5.97 Å². The number of aromatic carboxylic acids is 1. The lowest BCUT2D eigenvalue weighted by Crippen LogP contribution is -2.37. The number of carboxylic acids is 1. The summed E-state index contributed by atoms with van der Waals surface area (Å²) in [6, 6.07) is 6.67. The van der Waals surface area contributed by atoms with Gasteiger partial charge in [0.2, 0.25) is 0 Å². The fraction of sp³-hybridized carbons (Fsp3) is 0.500. The van der Waals surface area contributed by atoms with E-state index in [-0.39, 0.29) is 17.5 Å². The third-order valence-electron chi connectivity index (χ3n) is 4.70. The fourth-order valence-corrected chi connectivity index (χ4v) is 3.29. The number of hydrogen-bond donors (Lipinski definition) is 1. The summed E-state index contributed by atoms with van der Waals surface area (Å²) in [5, 5.41) is 9.21. The van der Waals surface area contributed by atoms with Gasteiger partial charge in [-0.25, -0.2) is 14.2 Å². The van der Waals surface area contributed by atoms with Crippen LogP contribution in [0.2, 0.25) is 0 Å². The van der Waals surface area contributed by atoms with Crippen LogP contribution in [0.25, 0.3) is 11.3 Å². The van der Waals surface area contributed by atoms with Crippen LogP contribution in [-0.4, -0.2) is 39.5 Å². The van der Waals surface area contributed by atoms with Crippen molar-refractivity contribution in [3.05, 3.63) is 41.9 Å². The number of alkyl halides is 1. The van der Waals surface area contributed by atoms with E-state index >= 15 is 4.39 Å². The van der Waals surface area contributed by atoms with Crippen LogP contribution in [0, 0.1) is 0 Å². The summed E-state index contributed by atoms with van der Waals surface area (Å²) < 4.78 is 22.4. The van der Waals surface area contributed by atoms with Gasteiger partial charge >= 0.3 is 5.97 Å². The van der Waals surface area contributed by atoms with Gasteiger partial charge < -0.3 is 14.4 Å². The Kier molecular flexibility index (Phi) is 4.88. The summed E-state index contributed by atoms with van der Waals surface area (Å²) in [4.78, 5) is 16.0. The minimum atomic E-state index is -1.31. The molecule has 1 aromatic carbocycles. The Bertz CT molecular complexity index is 802. The Labute approximate surface area is 152 Å². The Balaban J connectivity index is 1.99. The van der Waals surface area contributed by atoms with Crippen molar-refractivity contribution in [2.75, 3.05) is 13.2 Å². The predicted octanol–water partition coefficient (Wildman–Crippen LogP) is 4.06. The molecule has 1 N–H and O–H groups in total. The van der Waals surface area contributed by atoms with Crippen molar-refractivity contribution in [1.29, 1.82) is 0 Å². The molecule has 1 aromatic heterocycles. The van der Waals surface area contributed by atoms with E-state index in [9.17, 15) is 9.90 Å². The normalized spacial score (nSPS) is 17.2. The number of ether oxygens (including phenoxy) is 1. The number of rotatable bonds is 4. The van der Waals surface area contributed by atoms with Crippen LogP contribution in [0.5, 0.6) is 0 Å². The highest BCUT2D eigenvalue weighted by Crippen LogP contribution is 2.32. The van der Waals surface area contributed by atoms with Crippen LogP contribution < -0.4 is 0 Å². The average molecular weight is 360 g/mol. The topological polar surface area (TPSA) is 64.3 Å². The van der Waals surface area contributed by atoms with Gasteiger partial charge in [0.15, 0.2) is 0 Å². The molecule has 3 rings (SSSR count). The molecule has 1 aliphatic rings. The first-order chi connectivity index (χ1) is 12.2. The molecule has 2 heterocycles. The van der Waals surface area contributed by atoms with E-state index in [4.69, 9.17) is 9.72 Å². The highest BCUT2D eigenvalue weighted by molar-refractivity contribution is 5.89. The van der Waals surface area contributed by atoms with Crippen molar-refractivity contribution in [1.82, 2.24) is 9.55 Å². The maximum Gasteiger partial charge on any atom is 0.335 e. The van der Waals surface area contributed by atoms with Crippen LogP contribution in [0.15, 0.2) is 30.5 Å². The number of hydrogen-bond acceptors (Lipinski definition) is 3. The van der Waals surface area contributed by atoms with E-state index in [1.165, 1.54) is 0 Å². The zero-order chi connectivity index (χ0) is 18.9. The van der Waals surface area contributed by atoms with Crippen molar-refractivity contribution in [2.24, 2.45) is 0 Å². The minimum Gasteiger partial charge on any atom is -0.478 e. The van der Waals surface area contributed by atoms with E-state index in [1.807, 2.05) is 37.6 Å². The third kappa shape index (κ3) is 3.96. The molecule has 0 spiro atoms. The van der Waals surface area contributed by atoms with Crippen molar-refractivity contribution in [3.8, 4) is 11.3 Å². The molecule has 1 aliphatic heterocycles. The van der Waals surface area contributed by atoms with Crippen molar-refractivity contribution in [2.45, 2.75) is 51.2 Å². The van der Waals surface area contributed by atoms with Crippen LogP contribution >= 0.6 is 0 Å². The summed E-state index contributed by atoms with van der Waals surface area (Å²) in [6.07, 6.45) is 2.58. The highest BCUT2D eigenvalue weighted by Gasteiger charge is 2.35. The van der Waals surface area contributed by atoms with Gasteiger partial charge in [-0.3, -0.25) is 0 Å². The zero-order valence-corrected chi connectivity index (χ0v) is 15.5. The molecule has 0 atom stereocenters. The molecule has 0 radical (unpaired) electrons. The zero-order valence-electron chi connectivity index (χ0n) is 15.5. The second kappa shape index (κ2) is 6.83. The molecule has 0 aliphatic carbocycles. The SMILES string of the molecule is CC(C)(C)c1nc(-c2cccc(C(=O)O)c2)cn1CC1(F)CCOCC1. The first-order valence-electron chi connectivity index (χ1n) is 8.86. The number of imidazole rings is 1. The van der Waals surface area contributed by atoms with E-state index < -0.39 is 11.6 Å². The molecule has 5 nitrogen and oxygen atoms in total. The van der Waals surface area contributed by atoms with Gasteiger partial charge in [0.05, 0.1) is 17.8 Å². The summed E-state index contributed by atoms with van der Waals surface area (Å²) in [6.45, 7) is 7.22. The Morgan fingerprint density at radius 2 is 2.04 bits per heavy atom. The molecule has 1 saturated heterocycles. The highest BCUT2D eigenvalue weighted by atomic mass is 19.1. The second-order valence-electron chi connectivity index (χ2n) is 7.98. The smallest absolute Gasteiger partial charge is 0.335 e. The first kappa shape index (κ1) is 18.6. The van der Waals surface area contributed by atoms with Crippen LogP contribution in [0.4, 0.5) is 4.39 Å². The molecule has 0 amide bonds. The molecule has 6 heteroatoms. The van der Waals surface area contributed by atoms with Gasteiger partial charge in [-0.05, 0) is 12.1 Å². The molecule has 0 saturated carbocycles. The Hall–Kier alpha value is -2.21. The molecule has 0 bridgehead atoms. The minimum absolute atomic E-state index is 0.209. The van der Waals surface area contributed by atoms with Crippen LogP contribution in [0.3, 0.4) is 0 Å². The number of halogens is 1. The summed E-state index contributed by atoms with van der Waals surface area (Å²) in [7, 11) is 0. The Morgan fingerprint density at radius 3 is 2.65 bits per heavy atom. The molecular weight excluding hydrogens is 335 g/mol. The van der Waals surface area contributed by atoms with Gasteiger partial charge in [0, 0.05) is 43.2 Å². The van der Waals surface area contributed by atoms with E-state index in [0.29, 0.717) is 37.3 Å². The van der Waals surface area contributed by atoms with Crippen molar-refractivity contribution in [3.63, 3.8) is 0 Å². The maximum atomic E-state index is 15.2. The quantitative estimate of drug-likeness (QED) is 0.893. The molecule has 2 aromatic rings. The lowest BCUT2D eigenvalue weighted by atomic mass is 9.93. The third-order valence-corrected chi connectivity index (χ3v) is 4.70. The summed E-state index contributed by atoms with van der Waals surface area (Å²) in [5.74, 6) is -0.191. The van der Waals surface area contributed by atoms with E-state index in [1.54, 1.807) is 18.2 Å². The maximum absolute atomic E-state index is 15.2. The lowest BCUT2D eigenvalue weighted by molar-refractivity contribution is -0.0184. The molecule has 26 heavy (non-hydrogen) atoms. The molecule has 140 valence electrons. The predicted molar refractivity (Wildman–Crippen MR) is 97.2 cm³/mol. The van der Waals surface area contributed by atoms with Crippen LogP contribution in [-0.2, 0) is 16.7 Å². The largest absolute Gasteiger partial charge is 0.478 e. The van der Waals surface area contributed by atoms with Crippen molar-refractivity contribution < 1.29 is 19.0 Å². The van der Waals surface area contributed by atoms with Gasteiger partial charge in [-0.15, -0.1) is 0 Å². The number of carbonyl (C=O) groups is 1. The van der Waals surface area contributed by atoms with Gasteiger partial charge in [-0.1, -0.05) is 32.9 Å². The number of nitrogens with zero attached hydrogens (tertiary/aromatic N) is 2. The summed E-state index contributed by atoms with van der Waals surface area (Å²) in [5.41, 5.74) is 0.0204. The lowest BCUT2D eigenvalue weighted by Gasteiger charge is -2.31. The van der Waals surface area contributed by atoms with E-state index in [0.717, 1.165) is 5.82 Å². The molecular formula is C20H25FN2O3. The number of carboxylic acid groups (broad SMARTS) is 1.